The van der Waals surface area contributed by atoms with Crippen LogP contribution in [-0.4, -0.2) is 31.4 Å². The van der Waals surface area contributed by atoms with E-state index in [2.05, 4.69) is 10.6 Å². The Balaban J connectivity index is 2.02. The normalized spacial score (nSPS) is 16.5. The number of anilines is 2. The van der Waals surface area contributed by atoms with E-state index in [9.17, 15) is 9.59 Å². The van der Waals surface area contributed by atoms with Gasteiger partial charge in [0.2, 0.25) is 11.8 Å². The first kappa shape index (κ1) is 13.5. The van der Waals surface area contributed by atoms with Gasteiger partial charge in [-0.15, -0.1) is 0 Å². The van der Waals surface area contributed by atoms with Crippen LogP contribution in [0.4, 0.5) is 11.4 Å². The molecule has 0 aliphatic carbocycles. The van der Waals surface area contributed by atoms with E-state index >= 15 is 0 Å². The maximum absolute atomic E-state index is 11.7. The van der Waals surface area contributed by atoms with Crippen molar-refractivity contribution < 1.29 is 9.59 Å². The minimum absolute atomic E-state index is 0.0764. The van der Waals surface area contributed by atoms with Crippen molar-refractivity contribution in [2.45, 2.75) is 25.8 Å². The summed E-state index contributed by atoms with van der Waals surface area (Å²) in [7, 11) is 1.74. The molecule has 1 unspecified atom stereocenters. The summed E-state index contributed by atoms with van der Waals surface area (Å²) in [5.41, 5.74) is 1.63. The number of carbonyl (C=O) groups is 2. The zero-order valence-corrected chi connectivity index (χ0v) is 11.3. The molecule has 1 heterocycles. The molecule has 1 fully saturated rings. The molecule has 1 saturated heterocycles. The van der Waals surface area contributed by atoms with Crippen molar-refractivity contribution in [1.29, 1.82) is 0 Å². The van der Waals surface area contributed by atoms with Gasteiger partial charge in [0.1, 0.15) is 0 Å². The number of rotatable bonds is 4. The van der Waals surface area contributed by atoms with E-state index in [1.807, 2.05) is 24.3 Å². The molecule has 102 valence electrons. The van der Waals surface area contributed by atoms with Crippen LogP contribution in [0, 0.1) is 0 Å². The summed E-state index contributed by atoms with van der Waals surface area (Å²) in [5, 5.41) is 5.70. The van der Waals surface area contributed by atoms with Gasteiger partial charge in [0.15, 0.2) is 0 Å². The summed E-state index contributed by atoms with van der Waals surface area (Å²) in [6.07, 6.45) is 1.54. The Morgan fingerprint density at radius 1 is 1.32 bits per heavy atom. The van der Waals surface area contributed by atoms with Crippen LogP contribution >= 0.6 is 0 Å². The van der Waals surface area contributed by atoms with E-state index in [1.54, 1.807) is 18.9 Å². The predicted molar refractivity (Wildman–Crippen MR) is 75.2 cm³/mol. The molecule has 19 heavy (non-hydrogen) atoms. The maximum Gasteiger partial charge on any atom is 0.241 e. The summed E-state index contributed by atoms with van der Waals surface area (Å²) < 4.78 is 0. The molecule has 0 spiro atoms. The van der Waals surface area contributed by atoms with Gasteiger partial charge < -0.3 is 15.5 Å². The second-order valence-electron chi connectivity index (χ2n) is 4.70. The highest BCUT2D eigenvalue weighted by molar-refractivity contribution is 5.97. The van der Waals surface area contributed by atoms with Crippen molar-refractivity contribution in [3.8, 4) is 0 Å². The van der Waals surface area contributed by atoms with Gasteiger partial charge >= 0.3 is 0 Å². The minimum Gasteiger partial charge on any atom is -0.325 e. The molecule has 0 bridgehead atoms. The molecule has 1 aliphatic rings. The predicted octanol–water partition coefficient (Wildman–Crippen LogP) is 1.36. The van der Waals surface area contributed by atoms with E-state index in [0.29, 0.717) is 6.42 Å². The second-order valence-corrected chi connectivity index (χ2v) is 4.70. The first-order valence-corrected chi connectivity index (χ1v) is 6.50. The van der Waals surface area contributed by atoms with E-state index < -0.39 is 0 Å². The van der Waals surface area contributed by atoms with Crippen molar-refractivity contribution in [3.05, 3.63) is 24.3 Å². The Kier molecular flexibility index (Phi) is 4.16. The lowest BCUT2D eigenvalue weighted by atomic mass is 10.2. The van der Waals surface area contributed by atoms with Crippen LogP contribution in [0.2, 0.25) is 0 Å². The molecule has 5 nitrogen and oxygen atoms in total. The van der Waals surface area contributed by atoms with Crippen LogP contribution in [0.5, 0.6) is 0 Å². The largest absolute Gasteiger partial charge is 0.325 e. The Morgan fingerprint density at radius 3 is 2.53 bits per heavy atom. The average Bonchev–Trinajstić information content (AvgIpc) is 2.85. The van der Waals surface area contributed by atoms with Crippen molar-refractivity contribution >= 4 is 23.2 Å². The van der Waals surface area contributed by atoms with Crippen LogP contribution in [0.3, 0.4) is 0 Å². The molecule has 0 aromatic heterocycles. The SMILES string of the molecule is CNC(C)C(=O)Nc1ccc(N2CCCC2=O)cc1. The topological polar surface area (TPSA) is 61.4 Å². The number of benzene rings is 1. The van der Waals surface area contributed by atoms with E-state index in [0.717, 1.165) is 24.3 Å². The van der Waals surface area contributed by atoms with E-state index in [1.165, 1.54) is 0 Å². The number of nitrogens with zero attached hydrogens (tertiary/aromatic N) is 1. The molecule has 1 aliphatic heterocycles. The van der Waals surface area contributed by atoms with Gasteiger partial charge in [0, 0.05) is 24.3 Å². The van der Waals surface area contributed by atoms with Crippen molar-refractivity contribution in [2.75, 3.05) is 23.8 Å². The second kappa shape index (κ2) is 5.84. The minimum atomic E-state index is -0.236. The number of likely N-dealkylation sites (N-methyl/N-ethyl adjacent to an activating group) is 1. The highest BCUT2D eigenvalue weighted by Gasteiger charge is 2.21. The quantitative estimate of drug-likeness (QED) is 0.860. The molecule has 0 saturated carbocycles. The number of hydrogen-bond acceptors (Lipinski definition) is 3. The van der Waals surface area contributed by atoms with Crippen molar-refractivity contribution in [2.24, 2.45) is 0 Å². The molecule has 1 aromatic rings. The molecule has 1 aromatic carbocycles. The number of amides is 2. The molecule has 1 atom stereocenters. The van der Waals surface area contributed by atoms with Crippen LogP contribution in [0.15, 0.2) is 24.3 Å². The summed E-state index contributed by atoms with van der Waals surface area (Å²) in [4.78, 5) is 25.1. The first-order valence-electron chi connectivity index (χ1n) is 6.50. The lowest BCUT2D eigenvalue weighted by Gasteiger charge is -2.16. The average molecular weight is 261 g/mol. The van der Waals surface area contributed by atoms with Gasteiger partial charge in [-0.1, -0.05) is 0 Å². The van der Waals surface area contributed by atoms with Crippen LogP contribution in [0.25, 0.3) is 0 Å². The van der Waals surface area contributed by atoms with Gasteiger partial charge in [-0.25, -0.2) is 0 Å². The number of nitrogens with one attached hydrogen (secondary N) is 2. The Morgan fingerprint density at radius 2 is 2.00 bits per heavy atom. The van der Waals surface area contributed by atoms with Gasteiger partial charge in [-0.3, -0.25) is 9.59 Å². The maximum atomic E-state index is 11.7. The fourth-order valence-corrected chi connectivity index (χ4v) is 2.03. The highest BCUT2D eigenvalue weighted by atomic mass is 16.2. The summed E-state index contributed by atoms with van der Waals surface area (Å²) in [5.74, 6) is 0.0908. The van der Waals surface area contributed by atoms with E-state index in [4.69, 9.17) is 0 Å². The molecule has 0 radical (unpaired) electrons. The van der Waals surface area contributed by atoms with Gasteiger partial charge in [0.25, 0.3) is 0 Å². The Hall–Kier alpha value is -1.88. The van der Waals surface area contributed by atoms with Crippen LogP contribution in [-0.2, 0) is 9.59 Å². The first-order chi connectivity index (χ1) is 9.11. The molecule has 2 amide bonds. The molecule has 2 N–H and O–H groups in total. The zero-order chi connectivity index (χ0) is 13.8. The monoisotopic (exact) mass is 261 g/mol. The standard InChI is InChI=1S/C14H19N3O2/c1-10(15-2)14(19)16-11-5-7-12(8-6-11)17-9-3-4-13(17)18/h5-8,10,15H,3-4,9H2,1-2H3,(H,16,19). The third kappa shape index (κ3) is 3.12. The smallest absolute Gasteiger partial charge is 0.241 e. The van der Waals surface area contributed by atoms with E-state index in [-0.39, 0.29) is 17.9 Å². The third-order valence-electron chi connectivity index (χ3n) is 3.35. The van der Waals surface area contributed by atoms with Gasteiger partial charge in [-0.05, 0) is 44.7 Å². The van der Waals surface area contributed by atoms with Crippen molar-refractivity contribution in [3.63, 3.8) is 0 Å². The third-order valence-corrected chi connectivity index (χ3v) is 3.35. The fourth-order valence-electron chi connectivity index (χ4n) is 2.03. The number of carbonyl (C=O) groups excluding carboxylic acids is 2. The summed E-state index contributed by atoms with van der Waals surface area (Å²) in [6.45, 7) is 2.58. The Labute approximate surface area is 113 Å². The summed E-state index contributed by atoms with van der Waals surface area (Å²) >= 11 is 0. The van der Waals surface area contributed by atoms with Gasteiger partial charge in [0.05, 0.1) is 6.04 Å². The molecule has 5 heteroatoms. The van der Waals surface area contributed by atoms with Gasteiger partial charge in [-0.2, -0.15) is 0 Å². The summed E-state index contributed by atoms with van der Waals surface area (Å²) in [6, 6.07) is 7.13. The number of hydrogen-bond donors (Lipinski definition) is 2. The Bertz CT molecular complexity index is 470. The highest BCUT2D eigenvalue weighted by Crippen LogP contribution is 2.22. The molecule has 2 rings (SSSR count). The molecular formula is C14H19N3O2. The van der Waals surface area contributed by atoms with Crippen LogP contribution < -0.4 is 15.5 Å². The van der Waals surface area contributed by atoms with Crippen LogP contribution in [0.1, 0.15) is 19.8 Å². The van der Waals surface area contributed by atoms with Crippen molar-refractivity contribution in [1.82, 2.24) is 5.32 Å². The lowest BCUT2D eigenvalue weighted by molar-refractivity contribution is -0.118. The zero-order valence-electron chi connectivity index (χ0n) is 11.3. The molecular weight excluding hydrogens is 242 g/mol. The lowest BCUT2D eigenvalue weighted by Crippen LogP contribution is -2.35. The fraction of sp³-hybridized carbons (Fsp3) is 0.429.